The molecule has 1 aliphatic rings. The molecule has 0 N–H and O–H groups in total. The van der Waals surface area contributed by atoms with Crippen molar-refractivity contribution in [3.63, 3.8) is 0 Å². The molecule has 24 heavy (non-hydrogen) atoms. The normalized spacial score (nSPS) is 17.4. The van der Waals surface area contributed by atoms with Crippen molar-refractivity contribution in [3.8, 4) is 0 Å². The number of carbonyl (C=O) groups is 1. The van der Waals surface area contributed by atoms with E-state index in [9.17, 15) is 9.59 Å². The van der Waals surface area contributed by atoms with Gasteiger partial charge in [0.05, 0.1) is 5.56 Å². The van der Waals surface area contributed by atoms with Crippen LogP contribution >= 0.6 is 0 Å². The maximum absolute atomic E-state index is 13.1. The Morgan fingerprint density at radius 3 is 2.62 bits per heavy atom. The number of aromatic nitrogens is 1. The van der Waals surface area contributed by atoms with E-state index >= 15 is 0 Å². The van der Waals surface area contributed by atoms with Gasteiger partial charge in [0.25, 0.3) is 5.91 Å². The van der Waals surface area contributed by atoms with Crippen LogP contribution in [0.25, 0.3) is 0 Å². The molecule has 0 saturated heterocycles. The van der Waals surface area contributed by atoms with Crippen molar-refractivity contribution in [1.82, 2.24) is 9.47 Å². The molecular formula is C19H23N3O2. The maximum Gasteiger partial charge on any atom is 0.255 e. The van der Waals surface area contributed by atoms with Gasteiger partial charge in [-0.3, -0.25) is 9.59 Å². The summed E-state index contributed by atoms with van der Waals surface area (Å²) in [5.74, 6) is -0.0254. The van der Waals surface area contributed by atoms with Crippen LogP contribution in [0, 0.1) is 0 Å². The van der Waals surface area contributed by atoms with E-state index in [1.807, 2.05) is 17.0 Å². The zero-order chi connectivity index (χ0) is 17.3. The Morgan fingerprint density at radius 1 is 1.17 bits per heavy atom. The van der Waals surface area contributed by atoms with Gasteiger partial charge in [0.15, 0.2) is 0 Å². The fourth-order valence-corrected chi connectivity index (χ4v) is 3.32. The van der Waals surface area contributed by atoms with Crippen LogP contribution in [-0.2, 0) is 13.6 Å². The van der Waals surface area contributed by atoms with Gasteiger partial charge in [-0.05, 0) is 24.1 Å². The maximum atomic E-state index is 13.1. The summed E-state index contributed by atoms with van der Waals surface area (Å²) in [4.78, 5) is 28.8. The second-order valence-electron chi connectivity index (χ2n) is 6.37. The van der Waals surface area contributed by atoms with E-state index in [0.29, 0.717) is 12.1 Å². The fraction of sp³-hybridized carbons (Fsp3) is 0.368. The predicted octanol–water partition coefficient (Wildman–Crippen LogP) is 2.26. The number of fused-ring (bicyclic) bond motifs is 1. The predicted molar refractivity (Wildman–Crippen MR) is 95.3 cm³/mol. The van der Waals surface area contributed by atoms with Crippen LogP contribution in [0.2, 0.25) is 0 Å². The first-order valence-corrected chi connectivity index (χ1v) is 8.28. The third kappa shape index (κ3) is 2.94. The molecule has 5 heteroatoms. The van der Waals surface area contributed by atoms with Gasteiger partial charge in [-0.2, -0.15) is 0 Å². The number of benzene rings is 1. The number of anilines is 1. The van der Waals surface area contributed by atoms with E-state index < -0.39 is 0 Å². The Kier molecular flexibility index (Phi) is 4.42. The minimum absolute atomic E-state index is 0.0254. The molecule has 1 aromatic heterocycles. The Hall–Kier alpha value is -2.56. The molecule has 5 nitrogen and oxygen atoms in total. The SMILES string of the molecule is CC[C@@H]1CN(C)c2ccccc2CN1C(=O)c1ccc(=O)n(C)c1. The molecule has 0 aliphatic carbocycles. The lowest BCUT2D eigenvalue weighted by molar-refractivity contribution is 0.0667. The Labute approximate surface area is 142 Å². The molecule has 1 atom stereocenters. The quantitative estimate of drug-likeness (QED) is 0.851. The summed E-state index contributed by atoms with van der Waals surface area (Å²) in [6.07, 6.45) is 2.51. The molecule has 0 bridgehead atoms. The second kappa shape index (κ2) is 6.51. The Morgan fingerprint density at radius 2 is 1.92 bits per heavy atom. The van der Waals surface area contributed by atoms with Crippen LogP contribution in [0.5, 0.6) is 0 Å². The van der Waals surface area contributed by atoms with Gasteiger partial charge in [0.1, 0.15) is 0 Å². The molecule has 0 fully saturated rings. The first-order chi connectivity index (χ1) is 11.5. The van der Waals surface area contributed by atoms with Gasteiger partial charge < -0.3 is 14.4 Å². The first-order valence-electron chi connectivity index (χ1n) is 8.28. The summed E-state index contributed by atoms with van der Waals surface area (Å²) in [6.45, 7) is 3.49. The molecule has 0 saturated carbocycles. The zero-order valence-electron chi connectivity index (χ0n) is 14.4. The third-order valence-corrected chi connectivity index (χ3v) is 4.73. The van der Waals surface area contributed by atoms with E-state index in [4.69, 9.17) is 0 Å². The van der Waals surface area contributed by atoms with Crippen molar-refractivity contribution in [1.29, 1.82) is 0 Å². The van der Waals surface area contributed by atoms with Gasteiger partial charge in [-0.25, -0.2) is 0 Å². The summed E-state index contributed by atoms with van der Waals surface area (Å²) in [5.41, 5.74) is 2.76. The van der Waals surface area contributed by atoms with Gasteiger partial charge in [-0.1, -0.05) is 25.1 Å². The highest BCUT2D eigenvalue weighted by atomic mass is 16.2. The monoisotopic (exact) mass is 325 g/mol. The lowest BCUT2D eigenvalue weighted by Crippen LogP contribution is -2.43. The lowest BCUT2D eigenvalue weighted by atomic mass is 10.1. The third-order valence-electron chi connectivity index (χ3n) is 4.73. The molecule has 2 aromatic rings. The van der Waals surface area contributed by atoms with E-state index in [1.165, 1.54) is 16.3 Å². The number of likely N-dealkylation sites (N-methyl/N-ethyl adjacent to an activating group) is 1. The second-order valence-corrected chi connectivity index (χ2v) is 6.37. The summed E-state index contributed by atoms with van der Waals surface area (Å²) in [7, 11) is 3.74. The molecule has 1 aromatic carbocycles. The van der Waals surface area contributed by atoms with Crippen LogP contribution in [0.4, 0.5) is 5.69 Å². The number of amides is 1. The smallest absolute Gasteiger partial charge is 0.255 e. The number of hydrogen-bond acceptors (Lipinski definition) is 3. The number of para-hydroxylation sites is 1. The van der Waals surface area contributed by atoms with Crippen LogP contribution in [0.1, 0.15) is 29.3 Å². The van der Waals surface area contributed by atoms with Gasteiger partial charge in [-0.15, -0.1) is 0 Å². The molecule has 3 rings (SSSR count). The number of hydrogen-bond donors (Lipinski definition) is 0. The van der Waals surface area contributed by atoms with Gasteiger partial charge in [0, 0.05) is 51.2 Å². The topological polar surface area (TPSA) is 45.6 Å². The minimum Gasteiger partial charge on any atom is -0.372 e. The highest BCUT2D eigenvalue weighted by Gasteiger charge is 2.29. The van der Waals surface area contributed by atoms with E-state index in [0.717, 1.165) is 18.5 Å². The largest absolute Gasteiger partial charge is 0.372 e. The summed E-state index contributed by atoms with van der Waals surface area (Å²) in [5, 5.41) is 0. The Bertz CT molecular complexity index is 812. The van der Waals surface area contributed by atoms with Crippen molar-refractivity contribution in [2.45, 2.75) is 25.9 Å². The molecule has 0 unspecified atom stereocenters. The minimum atomic E-state index is -0.112. The summed E-state index contributed by atoms with van der Waals surface area (Å²) in [6, 6.07) is 11.4. The average molecular weight is 325 g/mol. The van der Waals surface area contributed by atoms with Crippen molar-refractivity contribution < 1.29 is 4.79 Å². The number of pyridine rings is 1. The van der Waals surface area contributed by atoms with E-state index in [2.05, 4.69) is 31.0 Å². The number of aryl methyl sites for hydroxylation is 1. The van der Waals surface area contributed by atoms with Crippen LogP contribution in [0.15, 0.2) is 47.4 Å². The number of rotatable bonds is 2. The van der Waals surface area contributed by atoms with Crippen molar-refractivity contribution in [2.75, 3.05) is 18.5 Å². The van der Waals surface area contributed by atoms with Gasteiger partial charge >= 0.3 is 0 Å². The van der Waals surface area contributed by atoms with E-state index in [1.54, 1.807) is 19.3 Å². The van der Waals surface area contributed by atoms with Crippen molar-refractivity contribution in [2.24, 2.45) is 7.05 Å². The number of carbonyl (C=O) groups excluding carboxylic acids is 1. The van der Waals surface area contributed by atoms with Crippen molar-refractivity contribution in [3.05, 3.63) is 64.1 Å². The summed E-state index contributed by atoms with van der Waals surface area (Å²) >= 11 is 0. The molecule has 1 amide bonds. The van der Waals surface area contributed by atoms with Crippen LogP contribution in [0.3, 0.4) is 0 Å². The zero-order valence-corrected chi connectivity index (χ0v) is 14.4. The molecular weight excluding hydrogens is 302 g/mol. The molecule has 0 spiro atoms. The van der Waals surface area contributed by atoms with Crippen LogP contribution < -0.4 is 10.5 Å². The Balaban J connectivity index is 1.99. The van der Waals surface area contributed by atoms with E-state index in [-0.39, 0.29) is 17.5 Å². The fourth-order valence-electron chi connectivity index (χ4n) is 3.32. The standard InChI is InChI=1S/C19H23N3O2/c1-4-16-13-20(2)17-8-6-5-7-14(17)12-22(16)19(24)15-9-10-18(23)21(3)11-15/h5-11,16H,4,12-13H2,1-3H3/t16-/m1/s1. The number of nitrogens with zero attached hydrogens (tertiary/aromatic N) is 3. The highest BCUT2D eigenvalue weighted by Crippen LogP contribution is 2.27. The highest BCUT2D eigenvalue weighted by molar-refractivity contribution is 5.94. The lowest BCUT2D eigenvalue weighted by Gasteiger charge is -2.30. The molecule has 1 aliphatic heterocycles. The van der Waals surface area contributed by atoms with Gasteiger partial charge in [0.2, 0.25) is 5.56 Å². The average Bonchev–Trinajstić information content (AvgIpc) is 2.73. The molecule has 2 heterocycles. The molecule has 126 valence electrons. The van der Waals surface area contributed by atoms with Crippen molar-refractivity contribution >= 4 is 11.6 Å². The molecule has 0 radical (unpaired) electrons. The first kappa shape index (κ1) is 16.3. The van der Waals surface area contributed by atoms with Crippen LogP contribution in [-0.4, -0.2) is 35.0 Å². The summed E-state index contributed by atoms with van der Waals surface area (Å²) < 4.78 is 1.45.